The van der Waals surface area contributed by atoms with Crippen LogP contribution in [0.5, 0.6) is 17.2 Å². The summed E-state index contributed by atoms with van der Waals surface area (Å²) in [6.07, 6.45) is 3.92. The molecule has 0 spiro atoms. The molecule has 1 atom stereocenters. The van der Waals surface area contributed by atoms with Gasteiger partial charge in [0.25, 0.3) is 5.91 Å². The lowest BCUT2D eigenvalue weighted by Gasteiger charge is -2.24. The van der Waals surface area contributed by atoms with Crippen LogP contribution >= 0.6 is 23.1 Å². The molecule has 170 valence electrons. The number of amides is 1. The van der Waals surface area contributed by atoms with Crippen molar-refractivity contribution in [1.29, 1.82) is 0 Å². The Kier molecular flexibility index (Phi) is 7.07. The number of carbonyl (C=O) groups excluding carboxylic acids is 1. The highest BCUT2D eigenvalue weighted by atomic mass is 32.2. The van der Waals surface area contributed by atoms with E-state index in [1.54, 1.807) is 28.8 Å². The van der Waals surface area contributed by atoms with Gasteiger partial charge in [0, 0.05) is 17.1 Å². The number of fused-ring (bicyclic) bond motifs is 1. The maximum Gasteiger partial charge on any atom is 0.260 e. The Balaban J connectivity index is 1.78. The molecule has 0 bridgehead atoms. The number of aromatic nitrogens is 1. The third kappa shape index (κ3) is 4.37. The van der Waals surface area contributed by atoms with E-state index in [0.717, 1.165) is 28.0 Å². The van der Waals surface area contributed by atoms with Crippen molar-refractivity contribution in [2.24, 2.45) is 0 Å². The summed E-state index contributed by atoms with van der Waals surface area (Å²) in [7, 11) is 4.61. The minimum Gasteiger partial charge on any atom is -0.493 e. The molecule has 1 fully saturated rings. The smallest absolute Gasteiger partial charge is 0.260 e. The largest absolute Gasteiger partial charge is 0.493 e. The molecule has 0 radical (unpaired) electrons. The van der Waals surface area contributed by atoms with Gasteiger partial charge in [0.05, 0.1) is 44.2 Å². The van der Waals surface area contributed by atoms with E-state index in [1.165, 1.54) is 32.7 Å². The Morgan fingerprint density at radius 2 is 1.97 bits per heavy atom. The lowest BCUT2D eigenvalue weighted by atomic mass is 10.1. The van der Waals surface area contributed by atoms with Gasteiger partial charge in [-0.05, 0) is 43.4 Å². The van der Waals surface area contributed by atoms with Gasteiger partial charge in [0.2, 0.25) is 5.75 Å². The molecule has 1 saturated heterocycles. The molecule has 0 N–H and O–H groups in total. The number of rotatable bonds is 8. The quantitative estimate of drug-likeness (QED) is 0.431. The number of methoxy groups -OCH3 is 3. The standard InChI is InChI=1S/C23H26N2O5S2/c1-27-16-11-14(12-17(28-2)21(16)29-3)22(26)25(13-15-7-6-10-30-15)23-24-20-18(31-4)8-5-9-19(20)32-23/h5,8-9,11-12,15H,6-7,10,13H2,1-4H3. The third-order valence-corrected chi connectivity index (χ3v) is 7.20. The topological polar surface area (TPSA) is 70.1 Å². The SMILES string of the molecule is COc1cc(C(=O)N(CC2CCCO2)c2nc3c(SC)cccc3s2)cc(OC)c1OC. The molecule has 1 aliphatic rings. The highest BCUT2D eigenvalue weighted by molar-refractivity contribution is 7.98. The molecular weight excluding hydrogens is 448 g/mol. The summed E-state index contributed by atoms with van der Waals surface area (Å²) in [5, 5.41) is 0.649. The van der Waals surface area contributed by atoms with E-state index in [-0.39, 0.29) is 12.0 Å². The van der Waals surface area contributed by atoms with E-state index in [9.17, 15) is 4.79 Å². The molecule has 0 saturated carbocycles. The Bertz CT molecular complexity index is 1090. The van der Waals surface area contributed by atoms with Crippen LogP contribution in [0.4, 0.5) is 5.13 Å². The summed E-state index contributed by atoms with van der Waals surface area (Å²) in [6, 6.07) is 9.44. The maximum atomic E-state index is 13.8. The number of benzene rings is 2. The van der Waals surface area contributed by atoms with Crippen molar-refractivity contribution in [2.75, 3.05) is 45.6 Å². The van der Waals surface area contributed by atoms with E-state index in [1.807, 2.05) is 24.5 Å². The molecule has 1 amide bonds. The summed E-state index contributed by atoms with van der Waals surface area (Å²) in [5.41, 5.74) is 1.34. The lowest BCUT2D eigenvalue weighted by molar-refractivity contribution is 0.0917. The fraction of sp³-hybridized carbons (Fsp3) is 0.391. The summed E-state index contributed by atoms with van der Waals surface area (Å²) in [6.45, 7) is 1.15. The highest BCUT2D eigenvalue weighted by Gasteiger charge is 2.29. The molecule has 2 heterocycles. The average molecular weight is 475 g/mol. The lowest BCUT2D eigenvalue weighted by Crippen LogP contribution is -2.37. The monoisotopic (exact) mass is 474 g/mol. The van der Waals surface area contributed by atoms with Crippen LogP contribution in [0.3, 0.4) is 0 Å². The Hall–Kier alpha value is -2.49. The van der Waals surface area contributed by atoms with Gasteiger partial charge in [0.1, 0.15) is 0 Å². The zero-order valence-corrected chi connectivity index (χ0v) is 20.2. The zero-order chi connectivity index (χ0) is 22.7. The van der Waals surface area contributed by atoms with Gasteiger partial charge in [-0.25, -0.2) is 4.98 Å². The fourth-order valence-corrected chi connectivity index (χ4v) is 5.42. The van der Waals surface area contributed by atoms with Crippen molar-refractivity contribution in [2.45, 2.75) is 23.8 Å². The van der Waals surface area contributed by atoms with Crippen LogP contribution in [0, 0.1) is 0 Å². The number of ether oxygens (including phenoxy) is 4. The molecule has 1 unspecified atom stereocenters. The second-order valence-electron chi connectivity index (χ2n) is 7.27. The van der Waals surface area contributed by atoms with Crippen LogP contribution in [-0.2, 0) is 4.74 Å². The summed E-state index contributed by atoms with van der Waals surface area (Å²) < 4.78 is 23.2. The average Bonchev–Trinajstić information content (AvgIpc) is 3.50. The van der Waals surface area contributed by atoms with Crippen LogP contribution < -0.4 is 19.1 Å². The Morgan fingerprint density at radius 1 is 1.22 bits per heavy atom. The predicted molar refractivity (Wildman–Crippen MR) is 128 cm³/mol. The third-order valence-electron chi connectivity index (χ3n) is 5.39. The molecule has 32 heavy (non-hydrogen) atoms. The van der Waals surface area contributed by atoms with Crippen molar-refractivity contribution in [3.8, 4) is 17.2 Å². The Morgan fingerprint density at radius 3 is 2.56 bits per heavy atom. The molecule has 1 aliphatic heterocycles. The van der Waals surface area contributed by atoms with Crippen LogP contribution in [0.25, 0.3) is 10.2 Å². The molecule has 9 heteroatoms. The first-order valence-corrected chi connectivity index (χ1v) is 12.3. The van der Waals surface area contributed by atoms with Gasteiger partial charge < -0.3 is 18.9 Å². The van der Waals surface area contributed by atoms with Gasteiger partial charge in [-0.3, -0.25) is 9.69 Å². The first kappa shape index (κ1) is 22.7. The van der Waals surface area contributed by atoms with E-state index in [4.69, 9.17) is 23.9 Å². The normalized spacial score (nSPS) is 15.7. The van der Waals surface area contributed by atoms with Crippen molar-refractivity contribution >= 4 is 44.4 Å². The van der Waals surface area contributed by atoms with E-state index >= 15 is 0 Å². The molecule has 2 aromatic carbocycles. The van der Waals surface area contributed by atoms with Crippen LogP contribution in [-0.4, -0.2) is 57.7 Å². The van der Waals surface area contributed by atoms with Crippen molar-refractivity contribution in [3.63, 3.8) is 0 Å². The predicted octanol–water partition coefficient (Wildman–Crippen LogP) is 4.87. The van der Waals surface area contributed by atoms with Crippen molar-refractivity contribution in [1.82, 2.24) is 4.98 Å². The molecule has 4 rings (SSSR count). The van der Waals surface area contributed by atoms with E-state index < -0.39 is 0 Å². The second-order valence-corrected chi connectivity index (χ2v) is 9.13. The number of carbonyl (C=O) groups is 1. The fourth-order valence-electron chi connectivity index (χ4n) is 3.79. The maximum absolute atomic E-state index is 13.8. The molecule has 3 aromatic rings. The number of anilines is 1. The van der Waals surface area contributed by atoms with Gasteiger partial charge in [0.15, 0.2) is 16.6 Å². The number of para-hydroxylation sites is 1. The van der Waals surface area contributed by atoms with E-state index in [2.05, 4.69) is 0 Å². The van der Waals surface area contributed by atoms with Gasteiger partial charge in [-0.2, -0.15) is 0 Å². The summed E-state index contributed by atoms with van der Waals surface area (Å²) in [4.78, 5) is 21.4. The van der Waals surface area contributed by atoms with E-state index in [0.29, 0.717) is 41.1 Å². The number of thioether (sulfide) groups is 1. The van der Waals surface area contributed by atoms with Crippen LogP contribution in [0.1, 0.15) is 23.2 Å². The number of nitrogens with zero attached hydrogens (tertiary/aromatic N) is 2. The zero-order valence-electron chi connectivity index (χ0n) is 18.5. The van der Waals surface area contributed by atoms with Crippen molar-refractivity contribution in [3.05, 3.63) is 35.9 Å². The minimum absolute atomic E-state index is 0.0203. The van der Waals surface area contributed by atoms with Crippen LogP contribution in [0.15, 0.2) is 35.2 Å². The first-order chi connectivity index (χ1) is 15.6. The number of hydrogen-bond acceptors (Lipinski definition) is 8. The van der Waals surface area contributed by atoms with Gasteiger partial charge in [-0.15, -0.1) is 11.8 Å². The van der Waals surface area contributed by atoms with Crippen LogP contribution in [0.2, 0.25) is 0 Å². The summed E-state index contributed by atoms with van der Waals surface area (Å²) in [5.74, 6) is 1.12. The first-order valence-electron chi connectivity index (χ1n) is 10.3. The molecule has 1 aromatic heterocycles. The Labute approximate surface area is 195 Å². The minimum atomic E-state index is -0.190. The number of hydrogen-bond donors (Lipinski definition) is 0. The molecule has 0 aliphatic carbocycles. The van der Waals surface area contributed by atoms with Crippen molar-refractivity contribution < 1.29 is 23.7 Å². The van der Waals surface area contributed by atoms with Gasteiger partial charge >= 0.3 is 0 Å². The molecular formula is C23H26N2O5S2. The summed E-state index contributed by atoms with van der Waals surface area (Å²) >= 11 is 3.15. The number of thiazole rings is 1. The second kappa shape index (κ2) is 9.97. The highest BCUT2D eigenvalue weighted by Crippen LogP contribution is 2.40. The molecule has 7 nitrogen and oxygen atoms in total. The van der Waals surface area contributed by atoms with Gasteiger partial charge in [-0.1, -0.05) is 17.4 Å².